The molecule has 0 aliphatic carbocycles. The first-order valence-corrected chi connectivity index (χ1v) is 5.27. The summed E-state index contributed by atoms with van der Waals surface area (Å²) in [7, 11) is 0. The fraction of sp³-hybridized carbons (Fsp3) is 0.333. The zero-order chi connectivity index (χ0) is 12.6. The molecule has 4 nitrogen and oxygen atoms in total. The van der Waals surface area contributed by atoms with Crippen molar-refractivity contribution in [2.24, 2.45) is 5.73 Å². The van der Waals surface area contributed by atoms with Crippen LogP contribution in [-0.4, -0.2) is 10.1 Å². The summed E-state index contributed by atoms with van der Waals surface area (Å²) in [6, 6.07) is 4.83. The summed E-state index contributed by atoms with van der Waals surface area (Å²) in [5.41, 5.74) is 6.25. The number of halogens is 1. The molecule has 0 fully saturated rings. The van der Waals surface area contributed by atoms with Crippen LogP contribution in [0.2, 0.25) is 0 Å². The van der Waals surface area contributed by atoms with Gasteiger partial charge in [0.15, 0.2) is 5.82 Å². The van der Waals surface area contributed by atoms with Gasteiger partial charge in [-0.2, -0.15) is 4.98 Å². The lowest BCUT2D eigenvalue weighted by Gasteiger charge is -2.11. The van der Waals surface area contributed by atoms with E-state index in [1.165, 1.54) is 6.07 Å². The van der Waals surface area contributed by atoms with Gasteiger partial charge in [0.1, 0.15) is 5.82 Å². The van der Waals surface area contributed by atoms with Crippen LogP contribution in [0.25, 0.3) is 11.5 Å². The van der Waals surface area contributed by atoms with E-state index in [9.17, 15) is 4.39 Å². The van der Waals surface area contributed by atoms with Gasteiger partial charge in [-0.15, -0.1) is 0 Å². The minimum atomic E-state index is -0.705. The number of hydrogen-bond acceptors (Lipinski definition) is 4. The summed E-state index contributed by atoms with van der Waals surface area (Å²) >= 11 is 0. The van der Waals surface area contributed by atoms with E-state index in [2.05, 4.69) is 10.1 Å². The third-order valence-electron chi connectivity index (χ3n) is 2.36. The lowest BCUT2D eigenvalue weighted by molar-refractivity contribution is 0.396. The first-order chi connectivity index (χ1) is 7.88. The van der Waals surface area contributed by atoms with Gasteiger partial charge in [-0.25, -0.2) is 4.39 Å². The number of aromatic nitrogens is 2. The van der Waals surface area contributed by atoms with Crippen LogP contribution in [0.1, 0.15) is 25.2 Å². The van der Waals surface area contributed by atoms with Gasteiger partial charge in [-0.05, 0) is 38.5 Å². The van der Waals surface area contributed by atoms with Crippen LogP contribution in [-0.2, 0) is 5.54 Å². The zero-order valence-electron chi connectivity index (χ0n) is 9.99. The Balaban J connectivity index is 2.44. The minimum absolute atomic E-state index is 0.149. The summed E-state index contributed by atoms with van der Waals surface area (Å²) in [6.45, 7) is 5.33. The second-order valence-electron chi connectivity index (χ2n) is 4.63. The van der Waals surface area contributed by atoms with Crippen molar-refractivity contribution < 1.29 is 8.91 Å². The molecule has 90 valence electrons. The van der Waals surface area contributed by atoms with Gasteiger partial charge in [0.2, 0.25) is 0 Å². The Kier molecular flexibility index (Phi) is 2.71. The Labute approximate surface area is 98.6 Å². The normalized spacial score (nSPS) is 11.8. The number of benzene rings is 1. The number of nitrogens with two attached hydrogens (primary N) is 1. The van der Waals surface area contributed by atoms with Crippen LogP contribution < -0.4 is 5.73 Å². The van der Waals surface area contributed by atoms with E-state index in [1.54, 1.807) is 26.0 Å². The highest BCUT2D eigenvalue weighted by molar-refractivity contribution is 5.54. The average molecular weight is 235 g/mol. The molecule has 2 aromatic rings. The highest BCUT2D eigenvalue weighted by Crippen LogP contribution is 2.24. The predicted molar refractivity (Wildman–Crippen MR) is 61.6 cm³/mol. The Morgan fingerprint density at radius 3 is 2.59 bits per heavy atom. The minimum Gasteiger partial charge on any atom is -0.334 e. The van der Waals surface area contributed by atoms with Crippen molar-refractivity contribution in [3.05, 3.63) is 35.4 Å². The largest absolute Gasteiger partial charge is 0.334 e. The van der Waals surface area contributed by atoms with Crippen molar-refractivity contribution in [2.45, 2.75) is 26.3 Å². The van der Waals surface area contributed by atoms with Crippen molar-refractivity contribution in [3.8, 4) is 11.5 Å². The van der Waals surface area contributed by atoms with Gasteiger partial charge in [0.25, 0.3) is 5.89 Å². The molecule has 0 radical (unpaired) electrons. The SMILES string of the molecule is Cc1ccc(-c2nc(C(C)(C)N)no2)c(F)c1. The van der Waals surface area contributed by atoms with Crippen LogP contribution in [0.3, 0.4) is 0 Å². The lowest BCUT2D eigenvalue weighted by atomic mass is 10.1. The smallest absolute Gasteiger partial charge is 0.260 e. The van der Waals surface area contributed by atoms with Gasteiger partial charge < -0.3 is 10.3 Å². The lowest BCUT2D eigenvalue weighted by Crippen LogP contribution is -2.30. The predicted octanol–water partition coefficient (Wildman–Crippen LogP) is 2.38. The molecule has 0 bridgehead atoms. The van der Waals surface area contributed by atoms with Crippen LogP contribution in [0.5, 0.6) is 0 Å². The fourth-order valence-corrected chi connectivity index (χ4v) is 1.39. The van der Waals surface area contributed by atoms with Gasteiger partial charge in [0, 0.05) is 0 Å². The van der Waals surface area contributed by atoms with E-state index in [4.69, 9.17) is 10.3 Å². The third-order valence-corrected chi connectivity index (χ3v) is 2.36. The number of aryl methyl sites for hydroxylation is 1. The first-order valence-electron chi connectivity index (χ1n) is 5.27. The van der Waals surface area contributed by atoms with Crippen LogP contribution in [0.4, 0.5) is 4.39 Å². The van der Waals surface area contributed by atoms with Crippen molar-refractivity contribution >= 4 is 0 Å². The molecule has 2 N–H and O–H groups in total. The maximum absolute atomic E-state index is 13.7. The van der Waals surface area contributed by atoms with E-state index in [-0.39, 0.29) is 11.7 Å². The molecule has 0 aliphatic heterocycles. The molecule has 0 aliphatic rings. The van der Waals surface area contributed by atoms with E-state index >= 15 is 0 Å². The second-order valence-corrected chi connectivity index (χ2v) is 4.63. The Bertz CT molecular complexity index is 543. The third kappa shape index (κ3) is 2.34. The molecule has 1 heterocycles. The van der Waals surface area contributed by atoms with Crippen LogP contribution >= 0.6 is 0 Å². The van der Waals surface area contributed by atoms with Gasteiger partial charge in [-0.1, -0.05) is 11.2 Å². The number of rotatable bonds is 2. The summed E-state index contributed by atoms with van der Waals surface area (Å²) in [5.74, 6) is 0.124. The summed E-state index contributed by atoms with van der Waals surface area (Å²) in [5, 5.41) is 3.75. The molecule has 1 aromatic carbocycles. The van der Waals surface area contributed by atoms with Gasteiger partial charge >= 0.3 is 0 Å². The summed E-state index contributed by atoms with van der Waals surface area (Å²) < 4.78 is 18.7. The van der Waals surface area contributed by atoms with Gasteiger partial charge in [0.05, 0.1) is 11.1 Å². The van der Waals surface area contributed by atoms with Crippen molar-refractivity contribution in [1.29, 1.82) is 0 Å². The van der Waals surface area contributed by atoms with Crippen molar-refractivity contribution in [3.63, 3.8) is 0 Å². The average Bonchev–Trinajstić information content (AvgIpc) is 2.65. The molecule has 0 saturated carbocycles. The quantitative estimate of drug-likeness (QED) is 0.867. The molecule has 2 rings (SSSR count). The molecule has 0 atom stereocenters. The molecule has 1 aromatic heterocycles. The van der Waals surface area contributed by atoms with Crippen molar-refractivity contribution in [1.82, 2.24) is 10.1 Å². The monoisotopic (exact) mass is 235 g/mol. The highest BCUT2D eigenvalue weighted by atomic mass is 19.1. The molecule has 0 unspecified atom stereocenters. The molecule has 17 heavy (non-hydrogen) atoms. The number of nitrogens with zero attached hydrogens (tertiary/aromatic N) is 2. The molecule has 0 amide bonds. The maximum atomic E-state index is 13.7. The topological polar surface area (TPSA) is 64.9 Å². The van der Waals surface area contributed by atoms with E-state index < -0.39 is 5.54 Å². The van der Waals surface area contributed by atoms with E-state index in [1.807, 2.05) is 6.92 Å². The van der Waals surface area contributed by atoms with E-state index in [0.717, 1.165) is 5.56 Å². The van der Waals surface area contributed by atoms with Crippen LogP contribution in [0, 0.1) is 12.7 Å². The molecule has 5 heteroatoms. The first kappa shape index (κ1) is 11.7. The van der Waals surface area contributed by atoms with E-state index in [0.29, 0.717) is 11.4 Å². The maximum Gasteiger partial charge on any atom is 0.260 e. The second kappa shape index (κ2) is 3.92. The number of hydrogen-bond donors (Lipinski definition) is 1. The Morgan fingerprint density at radius 1 is 1.35 bits per heavy atom. The Morgan fingerprint density at radius 2 is 2.06 bits per heavy atom. The van der Waals surface area contributed by atoms with Gasteiger partial charge in [-0.3, -0.25) is 0 Å². The summed E-state index contributed by atoms with van der Waals surface area (Å²) in [4.78, 5) is 4.10. The van der Waals surface area contributed by atoms with Crippen molar-refractivity contribution in [2.75, 3.05) is 0 Å². The standard InChI is InChI=1S/C12H14FN3O/c1-7-4-5-8(9(13)6-7)10-15-11(16-17-10)12(2,3)14/h4-6H,14H2,1-3H3. The molecule has 0 saturated heterocycles. The summed E-state index contributed by atoms with van der Waals surface area (Å²) in [6.07, 6.45) is 0. The highest BCUT2D eigenvalue weighted by Gasteiger charge is 2.22. The molecular formula is C12H14FN3O. The fourth-order valence-electron chi connectivity index (χ4n) is 1.39. The Hall–Kier alpha value is -1.75. The molecular weight excluding hydrogens is 221 g/mol. The zero-order valence-corrected chi connectivity index (χ0v) is 9.99. The van der Waals surface area contributed by atoms with Crippen LogP contribution in [0.15, 0.2) is 22.7 Å². The molecule has 0 spiro atoms.